The first-order valence-corrected chi connectivity index (χ1v) is 7.38. The van der Waals surface area contributed by atoms with Gasteiger partial charge in [-0.25, -0.2) is 9.67 Å². The summed E-state index contributed by atoms with van der Waals surface area (Å²) >= 11 is 0. The van der Waals surface area contributed by atoms with E-state index in [9.17, 15) is 18.0 Å². The molecule has 5 nitrogen and oxygen atoms in total. The summed E-state index contributed by atoms with van der Waals surface area (Å²) in [6.07, 6.45) is -3.00. The second kappa shape index (κ2) is 5.21. The number of fused-ring (bicyclic) bond motifs is 1. The maximum atomic E-state index is 13.5. The van der Waals surface area contributed by atoms with E-state index in [4.69, 9.17) is 5.11 Å². The van der Waals surface area contributed by atoms with Crippen molar-refractivity contribution >= 4 is 17.0 Å². The molecule has 2 heterocycles. The number of aromatic nitrogens is 3. The van der Waals surface area contributed by atoms with Gasteiger partial charge in [-0.05, 0) is 24.8 Å². The lowest BCUT2D eigenvalue weighted by molar-refractivity contribution is -0.138. The first kappa shape index (κ1) is 15.8. The van der Waals surface area contributed by atoms with Crippen LogP contribution < -0.4 is 0 Å². The van der Waals surface area contributed by atoms with Crippen molar-refractivity contribution in [3.05, 3.63) is 23.0 Å². The van der Waals surface area contributed by atoms with E-state index in [2.05, 4.69) is 10.1 Å². The van der Waals surface area contributed by atoms with Crippen molar-refractivity contribution in [2.75, 3.05) is 0 Å². The van der Waals surface area contributed by atoms with Crippen molar-refractivity contribution in [3.8, 4) is 0 Å². The summed E-state index contributed by atoms with van der Waals surface area (Å²) < 4.78 is 41.6. The predicted molar refractivity (Wildman–Crippen MR) is 76.2 cm³/mol. The van der Waals surface area contributed by atoms with Gasteiger partial charge in [0.15, 0.2) is 5.65 Å². The summed E-state index contributed by atoms with van der Waals surface area (Å²) in [5, 5.41) is 13.1. The average molecular weight is 327 g/mol. The summed E-state index contributed by atoms with van der Waals surface area (Å²) in [6.45, 7) is 2.98. The lowest BCUT2D eigenvalue weighted by Crippen LogP contribution is -2.12. The van der Waals surface area contributed by atoms with Crippen LogP contribution in [0.1, 0.15) is 55.5 Å². The average Bonchev–Trinajstić information content (AvgIpc) is 3.20. The smallest absolute Gasteiger partial charge is 0.417 e. The van der Waals surface area contributed by atoms with Gasteiger partial charge in [-0.15, -0.1) is 0 Å². The minimum Gasteiger partial charge on any atom is -0.480 e. The zero-order valence-electron chi connectivity index (χ0n) is 12.7. The van der Waals surface area contributed by atoms with E-state index in [0.717, 1.165) is 23.6 Å². The van der Waals surface area contributed by atoms with Gasteiger partial charge in [-0.3, -0.25) is 4.79 Å². The number of carbonyl (C=O) groups is 1. The molecule has 23 heavy (non-hydrogen) atoms. The number of halogens is 3. The molecule has 3 rings (SSSR count). The molecule has 2 aromatic heterocycles. The number of nitrogens with zero attached hydrogens (tertiary/aromatic N) is 3. The highest BCUT2D eigenvalue weighted by Crippen LogP contribution is 2.46. The van der Waals surface area contributed by atoms with E-state index in [-0.39, 0.29) is 28.6 Å². The fourth-order valence-electron chi connectivity index (χ4n) is 2.62. The highest BCUT2D eigenvalue weighted by molar-refractivity contribution is 5.85. The molecular weight excluding hydrogens is 311 g/mol. The maximum absolute atomic E-state index is 13.5. The molecule has 0 aliphatic heterocycles. The molecular formula is C15H16F3N3O2. The van der Waals surface area contributed by atoms with Crippen molar-refractivity contribution in [3.63, 3.8) is 0 Å². The minimum atomic E-state index is -4.54. The third-order valence-electron chi connectivity index (χ3n) is 3.90. The Morgan fingerprint density at radius 2 is 2.09 bits per heavy atom. The van der Waals surface area contributed by atoms with Gasteiger partial charge in [0.2, 0.25) is 0 Å². The Hall–Kier alpha value is -2.12. The van der Waals surface area contributed by atoms with Crippen LogP contribution in [0, 0.1) is 0 Å². The van der Waals surface area contributed by atoms with Crippen LogP contribution in [0.4, 0.5) is 13.2 Å². The van der Waals surface area contributed by atoms with Crippen molar-refractivity contribution in [1.29, 1.82) is 0 Å². The molecule has 1 fully saturated rings. The van der Waals surface area contributed by atoms with Crippen LogP contribution in [-0.2, 0) is 17.5 Å². The highest BCUT2D eigenvalue weighted by atomic mass is 19.4. The molecule has 2 aromatic rings. The topological polar surface area (TPSA) is 68.0 Å². The number of hydrogen-bond acceptors (Lipinski definition) is 3. The molecule has 0 aromatic carbocycles. The fourth-order valence-corrected chi connectivity index (χ4v) is 2.62. The lowest BCUT2D eigenvalue weighted by atomic mass is 10.0. The van der Waals surface area contributed by atoms with Crippen LogP contribution in [0.3, 0.4) is 0 Å². The van der Waals surface area contributed by atoms with Crippen molar-refractivity contribution in [2.45, 2.75) is 51.2 Å². The van der Waals surface area contributed by atoms with Gasteiger partial charge in [-0.1, -0.05) is 13.8 Å². The molecule has 124 valence electrons. The second-order valence-electron chi connectivity index (χ2n) is 6.16. The van der Waals surface area contributed by atoms with Crippen LogP contribution in [0.15, 0.2) is 6.07 Å². The predicted octanol–water partition coefficient (Wildman–Crippen LogP) is 3.54. The first-order valence-electron chi connectivity index (χ1n) is 7.38. The van der Waals surface area contributed by atoms with Crippen molar-refractivity contribution < 1.29 is 23.1 Å². The molecule has 1 saturated carbocycles. The van der Waals surface area contributed by atoms with Crippen LogP contribution >= 0.6 is 0 Å². The molecule has 0 radical (unpaired) electrons. The van der Waals surface area contributed by atoms with Gasteiger partial charge in [0.25, 0.3) is 0 Å². The second-order valence-corrected chi connectivity index (χ2v) is 6.16. The van der Waals surface area contributed by atoms with Gasteiger partial charge >= 0.3 is 12.1 Å². The van der Waals surface area contributed by atoms with Crippen LogP contribution in [-0.4, -0.2) is 25.8 Å². The van der Waals surface area contributed by atoms with E-state index >= 15 is 0 Å². The minimum absolute atomic E-state index is 0.00725. The number of hydrogen-bond donors (Lipinski definition) is 1. The normalized spacial score (nSPS) is 15.6. The third kappa shape index (κ3) is 2.89. The summed E-state index contributed by atoms with van der Waals surface area (Å²) in [6, 6.07) is 1.06. The van der Waals surface area contributed by atoms with E-state index < -0.39 is 24.3 Å². The molecule has 1 N–H and O–H groups in total. The Morgan fingerprint density at radius 3 is 2.57 bits per heavy atom. The Bertz CT molecular complexity index is 776. The third-order valence-corrected chi connectivity index (χ3v) is 3.90. The Kier molecular flexibility index (Phi) is 3.57. The van der Waals surface area contributed by atoms with E-state index in [0.29, 0.717) is 5.69 Å². The fraction of sp³-hybridized carbons (Fsp3) is 0.533. The summed E-state index contributed by atoms with van der Waals surface area (Å²) in [5.74, 6) is -1.42. The van der Waals surface area contributed by atoms with E-state index in [1.165, 1.54) is 0 Å². The molecule has 0 amide bonds. The van der Waals surface area contributed by atoms with Crippen LogP contribution in [0.2, 0.25) is 0 Å². The van der Waals surface area contributed by atoms with Gasteiger partial charge in [0.05, 0.1) is 16.6 Å². The molecule has 1 aliphatic rings. The maximum Gasteiger partial charge on any atom is 0.417 e. The Morgan fingerprint density at radius 1 is 1.43 bits per heavy atom. The molecule has 8 heteroatoms. The van der Waals surface area contributed by atoms with E-state index in [1.54, 1.807) is 13.8 Å². The van der Waals surface area contributed by atoms with Gasteiger partial charge in [0.1, 0.15) is 6.54 Å². The molecule has 0 unspecified atom stereocenters. The summed E-state index contributed by atoms with van der Waals surface area (Å²) in [7, 11) is 0. The Labute approximate surface area is 130 Å². The number of aliphatic carboxylic acids is 1. The quantitative estimate of drug-likeness (QED) is 0.933. The molecule has 1 aliphatic carbocycles. The van der Waals surface area contributed by atoms with Gasteiger partial charge in [0, 0.05) is 11.6 Å². The number of rotatable bonds is 4. The van der Waals surface area contributed by atoms with Crippen LogP contribution in [0.5, 0.6) is 0 Å². The standard InChI is InChI=1S/C15H16F3N3O2/c1-7(2)10-5-9(15(16,17)18)12-13(8-3-4-8)20-21(6-11(22)23)14(12)19-10/h5,7-8H,3-4,6H2,1-2H3,(H,22,23). The lowest BCUT2D eigenvalue weighted by Gasteiger charge is -2.13. The van der Waals surface area contributed by atoms with Crippen LogP contribution in [0.25, 0.3) is 11.0 Å². The number of carboxylic acids is 1. The molecule has 0 saturated heterocycles. The number of carboxylic acid groups (broad SMARTS) is 1. The SMILES string of the molecule is CC(C)c1cc(C(F)(F)F)c2c(C3CC3)nn(CC(=O)O)c2n1. The molecule has 0 bridgehead atoms. The van der Waals surface area contributed by atoms with Gasteiger partial charge in [-0.2, -0.15) is 18.3 Å². The monoisotopic (exact) mass is 327 g/mol. The number of pyridine rings is 1. The first-order chi connectivity index (χ1) is 10.7. The van der Waals surface area contributed by atoms with Crippen molar-refractivity contribution in [1.82, 2.24) is 14.8 Å². The van der Waals surface area contributed by atoms with Gasteiger partial charge < -0.3 is 5.11 Å². The molecule has 0 atom stereocenters. The summed E-state index contributed by atoms with van der Waals surface area (Å²) in [5.41, 5.74) is -0.173. The van der Waals surface area contributed by atoms with E-state index in [1.807, 2.05) is 0 Å². The highest BCUT2D eigenvalue weighted by Gasteiger charge is 2.39. The zero-order valence-corrected chi connectivity index (χ0v) is 12.7. The van der Waals surface area contributed by atoms with Crippen molar-refractivity contribution in [2.24, 2.45) is 0 Å². The largest absolute Gasteiger partial charge is 0.480 e. The zero-order chi connectivity index (χ0) is 16.9. The molecule has 0 spiro atoms. The Balaban J connectivity index is 2.34. The summed E-state index contributed by atoms with van der Waals surface area (Å²) in [4.78, 5) is 15.3. The number of alkyl halides is 3.